The molecule has 0 spiro atoms. The Kier molecular flexibility index (Phi) is 5.91. The van der Waals surface area contributed by atoms with Crippen LogP contribution in [-0.2, 0) is 5.75 Å². The zero-order valence-electron chi connectivity index (χ0n) is 14.7. The Hall–Kier alpha value is -2.80. The number of nitrogens with zero attached hydrogens (tertiary/aromatic N) is 4. The quantitative estimate of drug-likeness (QED) is 0.506. The van der Waals surface area contributed by atoms with Gasteiger partial charge in [0.2, 0.25) is 5.16 Å². The Labute approximate surface area is 156 Å². The number of aryl methyl sites for hydroxylation is 1. The average Bonchev–Trinajstić information content (AvgIpc) is 3.09. The third kappa shape index (κ3) is 4.43. The summed E-state index contributed by atoms with van der Waals surface area (Å²) < 4.78 is 7.02. The summed E-state index contributed by atoms with van der Waals surface area (Å²) in [4.78, 5) is 0. The van der Waals surface area contributed by atoms with Gasteiger partial charge in [-0.1, -0.05) is 36.0 Å². The van der Waals surface area contributed by atoms with Crippen molar-refractivity contribution in [3.63, 3.8) is 0 Å². The van der Waals surface area contributed by atoms with Gasteiger partial charge in [0.05, 0.1) is 12.8 Å². The molecule has 0 bridgehead atoms. The van der Waals surface area contributed by atoms with E-state index in [1.807, 2.05) is 19.1 Å². The van der Waals surface area contributed by atoms with Crippen LogP contribution in [0.5, 0.6) is 11.5 Å². The lowest BCUT2D eigenvalue weighted by Crippen LogP contribution is -1.95. The van der Waals surface area contributed by atoms with Crippen LogP contribution >= 0.6 is 11.8 Å². The topological polar surface area (TPSA) is 72.5 Å². The molecule has 0 amide bonds. The van der Waals surface area contributed by atoms with Gasteiger partial charge < -0.3 is 9.84 Å². The molecule has 0 aliphatic carbocycles. The minimum Gasteiger partial charge on any atom is -0.504 e. The maximum atomic E-state index is 9.76. The van der Waals surface area contributed by atoms with Gasteiger partial charge in [0.15, 0.2) is 11.5 Å². The van der Waals surface area contributed by atoms with Crippen LogP contribution in [0, 0.1) is 6.92 Å². The maximum absolute atomic E-state index is 9.76. The fourth-order valence-corrected chi connectivity index (χ4v) is 3.26. The summed E-state index contributed by atoms with van der Waals surface area (Å²) in [7, 11) is 0. The molecule has 0 saturated heterocycles. The number of phenolic OH excluding ortho intramolecular Hbond substituents is 1. The summed E-state index contributed by atoms with van der Waals surface area (Å²) in [6, 6.07) is 13.4. The number of thioether (sulfide) groups is 1. The van der Waals surface area contributed by atoms with Crippen LogP contribution in [0.15, 0.2) is 59.0 Å². The molecule has 0 saturated carbocycles. The summed E-state index contributed by atoms with van der Waals surface area (Å²) in [5.41, 5.74) is 3.33. The van der Waals surface area contributed by atoms with Crippen LogP contribution in [0.3, 0.4) is 0 Å². The van der Waals surface area contributed by atoms with Crippen molar-refractivity contribution in [2.45, 2.75) is 24.8 Å². The minimum absolute atomic E-state index is 0.114. The predicted molar refractivity (Wildman–Crippen MR) is 103 cm³/mol. The van der Waals surface area contributed by atoms with Gasteiger partial charge in [0.1, 0.15) is 6.33 Å². The number of aromatic hydroxyl groups is 1. The molecule has 2 aromatic carbocycles. The second-order valence-corrected chi connectivity index (χ2v) is 6.52. The third-order valence-electron chi connectivity index (χ3n) is 3.73. The highest BCUT2D eigenvalue weighted by atomic mass is 32.2. The molecule has 0 radical (unpaired) electrons. The Morgan fingerprint density at radius 3 is 2.92 bits per heavy atom. The number of hydrogen-bond donors (Lipinski definition) is 1. The van der Waals surface area contributed by atoms with E-state index in [0.29, 0.717) is 17.5 Å². The Morgan fingerprint density at radius 1 is 1.27 bits per heavy atom. The normalized spacial score (nSPS) is 11.2. The summed E-state index contributed by atoms with van der Waals surface area (Å²) in [5.74, 6) is 1.35. The molecule has 7 heteroatoms. The second-order valence-electron chi connectivity index (χ2n) is 5.58. The first-order valence-corrected chi connectivity index (χ1v) is 9.23. The molecule has 0 aliphatic heterocycles. The van der Waals surface area contributed by atoms with Crippen molar-refractivity contribution in [3.8, 4) is 11.5 Å². The van der Waals surface area contributed by atoms with E-state index in [0.717, 1.165) is 11.3 Å². The standard InChI is InChI=1S/C19H20N4O2S/c1-3-25-18-10-15(8-9-17(18)24)11-21-23-13-20-22-19(23)26-12-16-7-5-4-6-14(16)2/h4-11,13,24H,3,12H2,1-2H3/b21-11+. The number of aromatic nitrogens is 3. The van der Waals surface area contributed by atoms with Crippen molar-refractivity contribution in [1.82, 2.24) is 14.9 Å². The smallest absolute Gasteiger partial charge is 0.212 e. The zero-order valence-corrected chi connectivity index (χ0v) is 15.5. The number of phenols is 1. The molecule has 3 aromatic rings. The van der Waals surface area contributed by atoms with Crippen molar-refractivity contribution in [3.05, 3.63) is 65.5 Å². The van der Waals surface area contributed by atoms with Crippen molar-refractivity contribution in [1.29, 1.82) is 0 Å². The summed E-state index contributed by atoms with van der Waals surface area (Å²) >= 11 is 1.58. The zero-order chi connectivity index (χ0) is 18.4. The van der Waals surface area contributed by atoms with Gasteiger partial charge in [-0.2, -0.15) is 9.78 Å². The molecular weight excluding hydrogens is 348 g/mol. The Morgan fingerprint density at radius 2 is 2.12 bits per heavy atom. The predicted octanol–water partition coefficient (Wildman–Crippen LogP) is 3.87. The van der Waals surface area contributed by atoms with Gasteiger partial charge in [-0.05, 0) is 48.7 Å². The van der Waals surface area contributed by atoms with E-state index >= 15 is 0 Å². The molecule has 0 fully saturated rings. The van der Waals surface area contributed by atoms with Crippen molar-refractivity contribution in [2.75, 3.05) is 6.61 Å². The molecule has 6 nitrogen and oxygen atoms in total. The van der Waals surface area contributed by atoms with Gasteiger partial charge >= 0.3 is 0 Å². The van der Waals surface area contributed by atoms with Crippen molar-refractivity contribution in [2.24, 2.45) is 5.10 Å². The molecule has 26 heavy (non-hydrogen) atoms. The van der Waals surface area contributed by atoms with Crippen molar-refractivity contribution < 1.29 is 9.84 Å². The molecule has 0 aliphatic rings. The van der Waals surface area contributed by atoms with Gasteiger partial charge in [-0.3, -0.25) is 0 Å². The van der Waals surface area contributed by atoms with Crippen LogP contribution in [-0.4, -0.2) is 32.8 Å². The Bertz CT molecular complexity index is 908. The molecule has 1 aromatic heterocycles. The third-order valence-corrected chi connectivity index (χ3v) is 4.72. The van der Waals surface area contributed by atoms with E-state index in [-0.39, 0.29) is 5.75 Å². The molecular formula is C19H20N4O2S. The lowest BCUT2D eigenvalue weighted by Gasteiger charge is -2.06. The average molecular weight is 368 g/mol. The SMILES string of the molecule is CCOc1cc(/C=N/n2cnnc2SCc2ccccc2C)ccc1O. The van der Waals surface area contributed by atoms with E-state index in [1.54, 1.807) is 47.2 Å². The molecule has 1 heterocycles. The van der Waals surface area contributed by atoms with Crippen LogP contribution in [0.1, 0.15) is 23.6 Å². The van der Waals surface area contributed by atoms with Crippen LogP contribution in [0.4, 0.5) is 0 Å². The highest BCUT2D eigenvalue weighted by Crippen LogP contribution is 2.26. The van der Waals surface area contributed by atoms with Gasteiger partial charge in [-0.15, -0.1) is 10.2 Å². The summed E-state index contributed by atoms with van der Waals surface area (Å²) in [6.07, 6.45) is 3.25. The van der Waals surface area contributed by atoms with E-state index in [4.69, 9.17) is 4.74 Å². The van der Waals surface area contributed by atoms with Gasteiger partial charge in [0.25, 0.3) is 0 Å². The van der Waals surface area contributed by atoms with Crippen LogP contribution < -0.4 is 4.74 Å². The van der Waals surface area contributed by atoms with Gasteiger partial charge in [0, 0.05) is 5.75 Å². The van der Waals surface area contributed by atoms with E-state index < -0.39 is 0 Å². The summed E-state index contributed by atoms with van der Waals surface area (Å²) in [6.45, 7) is 4.45. The van der Waals surface area contributed by atoms with E-state index in [9.17, 15) is 5.11 Å². The van der Waals surface area contributed by atoms with Gasteiger partial charge in [-0.25, -0.2) is 0 Å². The highest BCUT2D eigenvalue weighted by Gasteiger charge is 2.06. The maximum Gasteiger partial charge on any atom is 0.212 e. The van der Waals surface area contributed by atoms with Crippen LogP contribution in [0.25, 0.3) is 0 Å². The molecule has 1 N–H and O–H groups in total. The first-order chi connectivity index (χ1) is 12.7. The summed E-state index contributed by atoms with van der Waals surface area (Å²) in [5, 5.41) is 23.0. The van der Waals surface area contributed by atoms with E-state index in [2.05, 4.69) is 34.4 Å². The number of benzene rings is 2. The molecule has 0 unspecified atom stereocenters. The number of hydrogen-bond acceptors (Lipinski definition) is 6. The van der Waals surface area contributed by atoms with Crippen LogP contribution in [0.2, 0.25) is 0 Å². The lowest BCUT2D eigenvalue weighted by atomic mass is 10.1. The fraction of sp³-hybridized carbons (Fsp3) is 0.211. The van der Waals surface area contributed by atoms with E-state index in [1.165, 1.54) is 11.1 Å². The first-order valence-electron chi connectivity index (χ1n) is 8.25. The first kappa shape index (κ1) is 18.0. The fourth-order valence-electron chi connectivity index (χ4n) is 2.32. The lowest BCUT2D eigenvalue weighted by molar-refractivity contribution is 0.318. The molecule has 134 valence electrons. The second kappa shape index (κ2) is 8.53. The minimum atomic E-state index is 0.114. The number of ether oxygens (including phenoxy) is 1. The monoisotopic (exact) mass is 368 g/mol. The largest absolute Gasteiger partial charge is 0.504 e. The molecule has 3 rings (SSSR count). The Balaban J connectivity index is 1.71. The number of rotatable bonds is 7. The molecule has 0 atom stereocenters. The van der Waals surface area contributed by atoms with Crippen molar-refractivity contribution >= 4 is 18.0 Å². The highest BCUT2D eigenvalue weighted by molar-refractivity contribution is 7.98.